The van der Waals surface area contributed by atoms with Crippen molar-refractivity contribution in [2.75, 3.05) is 13.2 Å². The van der Waals surface area contributed by atoms with Gasteiger partial charge in [-0.15, -0.1) is 11.3 Å². The molecule has 0 bridgehead atoms. The van der Waals surface area contributed by atoms with Crippen molar-refractivity contribution >= 4 is 23.2 Å². The Balaban J connectivity index is 1.67. The summed E-state index contributed by atoms with van der Waals surface area (Å²) in [5.74, 6) is -0.278. The molecule has 6 nitrogen and oxygen atoms in total. The number of carbonyl (C=O) groups excluding carboxylic acids is 1. The molecule has 0 aliphatic carbocycles. The van der Waals surface area contributed by atoms with Crippen molar-refractivity contribution in [3.63, 3.8) is 0 Å². The maximum Gasteiger partial charge on any atom is 0.326 e. The van der Waals surface area contributed by atoms with E-state index in [0.29, 0.717) is 25.3 Å². The van der Waals surface area contributed by atoms with Crippen molar-refractivity contribution in [1.82, 2.24) is 9.88 Å². The van der Waals surface area contributed by atoms with E-state index in [-0.39, 0.29) is 12.3 Å². The summed E-state index contributed by atoms with van der Waals surface area (Å²) in [5, 5.41) is 12.0. The molecule has 1 amide bonds. The predicted octanol–water partition coefficient (Wildman–Crippen LogP) is 3.22. The first-order chi connectivity index (χ1) is 12.6. The Bertz CT molecular complexity index is 772. The molecule has 0 unspecified atom stereocenters. The maximum absolute atomic E-state index is 12.6. The van der Waals surface area contributed by atoms with Crippen LogP contribution in [0.3, 0.4) is 0 Å². The van der Waals surface area contributed by atoms with Crippen LogP contribution in [0.2, 0.25) is 0 Å². The number of nitrogens with zero attached hydrogens (tertiary/aromatic N) is 2. The van der Waals surface area contributed by atoms with Crippen molar-refractivity contribution in [2.45, 2.75) is 38.6 Å². The van der Waals surface area contributed by atoms with Crippen molar-refractivity contribution in [1.29, 1.82) is 0 Å². The number of aliphatic carboxylic acids is 1. The number of thiazole rings is 1. The number of carbonyl (C=O) groups is 2. The quantitative estimate of drug-likeness (QED) is 0.840. The van der Waals surface area contributed by atoms with Crippen molar-refractivity contribution in [2.24, 2.45) is 0 Å². The summed E-state index contributed by atoms with van der Waals surface area (Å²) in [6.07, 6.45) is 2.36. The molecule has 26 heavy (non-hydrogen) atoms. The lowest BCUT2D eigenvalue weighted by Crippen LogP contribution is -2.48. The molecule has 0 saturated carbocycles. The van der Waals surface area contributed by atoms with Crippen LogP contribution in [-0.4, -0.2) is 46.1 Å². The minimum Gasteiger partial charge on any atom is -0.494 e. The summed E-state index contributed by atoms with van der Waals surface area (Å²) >= 11 is 1.48. The first kappa shape index (κ1) is 18.4. The van der Waals surface area contributed by atoms with Gasteiger partial charge in [0.05, 0.1) is 18.7 Å². The van der Waals surface area contributed by atoms with E-state index in [2.05, 4.69) is 4.98 Å². The van der Waals surface area contributed by atoms with Crippen LogP contribution in [0.15, 0.2) is 29.6 Å². The Hall–Kier alpha value is -2.41. The van der Waals surface area contributed by atoms with E-state index in [0.717, 1.165) is 29.2 Å². The van der Waals surface area contributed by atoms with Crippen LogP contribution in [0.5, 0.6) is 5.75 Å². The molecule has 0 spiro atoms. The van der Waals surface area contributed by atoms with Gasteiger partial charge in [-0.1, -0.05) is 0 Å². The summed E-state index contributed by atoms with van der Waals surface area (Å²) < 4.78 is 5.44. The van der Waals surface area contributed by atoms with Gasteiger partial charge in [0.1, 0.15) is 16.8 Å². The fraction of sp³-hybridized carbons (Fsp3) is 0.421. The number of amides is 1. The highest BCUT2D eigenvalue weighted by atomic mass is 32.1. The third-order valence-corrected chi connectivity index (χ3v) is 5.34. The molecule has 0 radical (unpaired) electrons. The number of hydrogen-bond acceptors (Lipinski definition) is 5. The SMILES string of the molecule is CCOc1ccc(-c2nc(CC(=O)N3CCCC[C@@H]3C(=O)O)cs2)cc1. The highest BCUT2D eigenvalue weighted by Gasteiger charge is 2.32. The van der Waals surface area contributed by atoms with Crippen molar-refractivity contribution in [3.8, 4) is 16.3 Å². The number of aromatic nitrogens is 1. The predicted molar refractivity (Wildman–Crippen MR) is 99.4 cm³/mol. The molecule has 1 atom stereocenters. The lowest BCUT2D eigenvalue weighted by molar-refractivity contribution is -0.151. The number of benzene rings is 1. The van der Waals surface area contributed by atoms with Crippen LogP contribution in [0, 0.1) is 0 Å². The van der Waals surface area contributed by atoms with Crippen LogP contribution in [-0.2, 0) is 16.0 Å². The molecular formula is C19H22N2O4S. The zero-order valence-electron chi connectivity index (χ0n) is 14.7. The number of carboxylic acid groups (broad SMARTS) is 1. The fourth-order valence-corrected chi connectivity index (χ4v) is 3.95. The number of likely N-dealkylation sites (tertiary alicyclic amines) is 1. The minimum absolute atomic E-state index is 0.136. The van der Waals surface area contributed by atoms with Crippen LogP contribution in [0.1, 0.15) is 31.9 Å². The normalized spacial score (nSPS) is 17.1. The lowest BCUT2D eigenvalue weighted by atomic mass is 10.0. The summed E-state index contributed by atoms with van der Waals surface area (Å²) in [6, 6.07) is 6.98. The first-order valence-electron chi connectivity index (χ1n) is 8.78. The van der Waals surface area contributed by atoms with E-state index in [9.17, 15) is 14.7 Å². The standard InChI is InChI=1S/C19H22N2O4S/c1-2-25-15-8-6-13(7-9-15)18-20-14(12-26-18)11-17(22)21-10-4-3-5-16(21)19(23)24/h6-9,12,16H,2-5,10-11H2,1H3,(H,23,24)/t16-/m1/s1. The van der Waals surface area contributed by atoms with Gasteiger partial charge in [-0.3, -0.25) is 4.79 Å². The molecule has 138 valence electrons. The Morgan fingerprint density at radius 1 is 1.31 bits per heavy atom. The molecular weight excluding hydrogens is 352 g/mol. The number of piperidine rings is 1. The molecule has 1 aliphatic heterocycles. The molecule has 1 aromatic carbocycles. The topological polar surface area (TPSA) is 79.7 Å². The van der Waals surface area contributed by atoms with Gasteiger partial charge < -0.3 is 14.7 Å². The van der Waals surface area contributed by atoms with Gasteiger partial charge in [-0.2, -0.15) is 0 Å². The maximum atomic E-state index is 12.6. The average Bonchev–Trinajstić information content (AvgIpc) is 3.11. The Kier molecular flexibility index (Phi) is 5.88. The van der Waals surface area contributed by atoms with Crippen LogP contribution >= 0.6 is 11.3 Å². The monoisotopic (exact) mass is 374 g/mol. The highest BCUT2D eigenvalue weighted by molar-refractivity contribution is 7.13. The summed E-state index contributed by atoms with van der Waals surface area (Å²) in [4.78, 5) is 30.0. The first-order valence-corrected chi connectivity index (χ1v) is 9.66. The van der Waals surface area contributed by atoms with E-state index < -0.39 is 12.0 Å². The smallest absolute Gasteiger partial charge is 0.326 e. The third-order valence-electron chi connectivity index (χ3n) is 4.40. The molecule has 1 fully saturated rings. The number of ether oxygens (including phenoxy) is 1. The van der Waals surface area contributed by atoms with Crippen molar-refractivity contribution in [3.05, 3.63) is 35.3 Å². The average molecular weight is 374 g/mol. The van der Waals surface area contributed by atoms with E-state index in [1.165, 1.54) is 16.2 Å². The number of rotatable bonds is 6. The van der Waals surface area contributed by atoms with E-state index in [1.807, 2.05) is 36.6 Å². The van der Waals surface area contributed by atoms with Gasteiger partial charge >= 0.3 is 5.97 Å². The zero-order valence-corrected chi connectivity index (χ0v) is 15.5. The van der Waals surface area contributed by atoms with Crippen molar-refractivity contribution < 1.29 is 19.4 Å². The largest absolute Gasteiger partial charge is 0.494 e. The Morgan fingerprint density at radius 3 is 2.77 bits per heavy atom. The fourth-order valence-electron chi connectivity index (χ4n) is 3.12. The van der Waals surface area contributed by atoms with Crippen LogP contribution < -0.4 is 4.74 Å². The van der Waals surface area contributed by atoms with Crippen LogP contribution in [0.4, 0.5) is 0 Å². The Labute approximate surface area is 156 Å². The minimum atomic E-state index is -0.925. The second-order valence-electron chi connectivity index (χ2n) is 6.22. The molecule has 2 heterocycles. The van der Waals surface area contributed by atoms with Gasteiger partial charge in [-0.05, 0) is 50.5 Å². The molecule has 7 heteroatoms. The lowest BCUT2D eigenvalue weighted by Gasteiger charge is -2.32. The zero-order chi connectivity index (χ0) is 18.5. The van der Waals surface area contributed by atoms with E-state index >= 15 is 0 Å². The second kappa shape index (κ2) is 8.31. The molecule has 2 aromatic rings. The molecule has 3 rings (SSSR count). The molecule has 1 N–H and O–H groups in total. The van der Waals surface area contributed by atoms with E-state index in [1.54, 1.807) is 0 Å². The van der Waals surface area contributed by atoms with E-state index in [4.69, 9.17) is 4.74 Å². The summed E-state index contributed by atoms with van der Waals surface area (Å²) in [5.41, 5.74) is 1.65. The highest BCUT2D eigenvalue weighted by Crippen LogP contribution is 2.26. The van der Waals surface area contributed by atoms with Crippen LogP contribution in [0.25, 0.3) is 10.6 Å². The van der Waals surface area contributed by atoms with Gasteiger partial charge in [0, 0.05) is 17.5 Å². The van der Waals surface area contributed by atoms with Gasteiger partial charge in [-0.25, -0.2) is 9.78 Å². The van der Waals surface area contributed by atoms with Gasteiger partial charge in [0.15, 0.2) is 0 Å². The number of hydrogen-bond donors (Lipinski definition) is 1. The third kappa shape index (κ3) is 4.22. The Morgan fingerprint density at radius 2 is 2.08 bits per heavy atom. The molecule has 1 aromatic heterocycles. The summed E-state index contributed by atoms with van der Waals surface area (Å²) in [7, 11) is 0. The second-order valence-corrected chi connectivity index (χ2v) is 7.07. The van der Waals surface area contributed by atoms with Gasteiger partial charge in [0.2, 0.25) is 5.91 Å². The molecule has 1 saturated heterocycles. The van der Waals surface area contributed by atoms with Gasteiger partial charge in [0.25, 0.3) is 0 Å². The summed E-state index contributed by atoms with van der Waals surface area (Å²) in [6.45, 7) is 3.07. The number of carboxylic acids is 1. The molecule has 1 aliphatic rings.